The Labute approximate surface area is 122 Å². The lowest BCUT2D eigenvalue weighted by Crippen LogP contribution is -2.31. The van der Waals surface area contributed by atoms with Crippen LogP contribution in [0.3, 0.4) is 0 Å². The predicted octanol–water partition coefficient (Wildman–Crippen LogP) is 1.99. The molecule has 0 radical (unpaired) electrons. The molecular weight excluding hydrogens is 302 g/mol. The van der Waals surface area contributed by atoms with E-state index < -0.39 is 10.0 Å². The number of hydrogen-bond donors (Lipinski definition) is 1. The molecule has 2 aromatic rings. The maximum absolute atomic E-state index is 12.6. The van der Waals surface area contributed by atoms with Crippen LogP contribution >= 0.6 is 11.6 Å². The molecule has 0 unspecified atom stereocenters. The number of aryl methyl sites for hydroxylation is 1. The number of anilines is 1. The van der Waals surface area contributed by atoms with E-state index in [0.717, 1.165) is 4.31 Å². The number of rotatable bonds is 4. The monoisotopic (exact) mass is 315 g/mol. The molecule has 1 aromatic heterocycles. The van der Waals surface area contributed by atoms with Crippen molar-refractivity contribution in [1.29, 1.82) is 0 Å². The zero-order chi connectivity index (χ0) is 14.9. The van der Waals surface area contributed by atoms with Crippen molar-refractivity contribution >= 4 is 27.3 Å². The summed E-state index contributed by atoms with van der Waals surface area (Å²) >= 11 is 5.96. The summed E-state index contributed by atoms with van der Waals surface area (Å²) in [5.41, 5.74) is 0.356. The molecule has 108 valence electrons. The predicted molar refractivity (Wildman–Crippen MR) is 76.5 cm³/mol. The minimum Gasteiger partial charge on any atom is -0.508 e. The van der Waals surface area contributed by atoms with Gasteiger partial charge in [0.25, 0.3) is 10.0 Å². The average Bonchev–Trinajstić information content (AvgIpc) is 2.71. The van der Waals surface area contributed by atoms with Gasteiger partial charge in [-0.2, -0.15) is 8.42 Å². The third-order valence-corrected chi connectivity index (χ3v) is 5.17. The Morgan fingerprint density at radius 3 is 2.65 bits per heavy atom. The van der Waals surface area contributed by atoms with Crippen LogP contribution in [0.1, 0.15) is 6.92 Å². The van der Waals surface area contributed by atoms with E-state index in [1.807, 2.05) is 0 Å². The van der Waals surface area contributed by atoms with Gasteiger partial charge >= 0.3 is 0 Å². The van der Waals surface area contributed by atoms with Crippen molar-refractivity contribution < 1.29 is 13.5 Å². The van der Waals surface area contributed by atoms with Crippen LogP contribution < -0.4 is 4.31 Å². The molecule has 0 aliphatic heterocycles. The number of imidazole rings is 1. The Morgan fingerprint density at radius 2 is 2.15 bits per heavy atom. The second-order valence-corrected chi connectivity index (χ2v) is 6.28. The lowest BCUT2D eigenvalue weighted by atomic mass is 10.3. The molecular formula is C12H14ClN3O3S. The largest absolute Gasteiger partial charge is 0.508 e. The molecule has 0 spiro atoms. The van der Waals surface area contributed by atoms with Crippen molar-refractivity contribution in [2.45, 2.75) is 11.9 Å². The highest BCUT2D eigenvalue weighted by Gasteiger charge is 2.29. The number of aromatic hydroxyl groups is 1. The van der Waals surface area contributed by atoms with Crippen molar-refractivity contribution in [3.8, 4) is 5.75 Å². The normalized spacial score (nSPS) is 11.6. The molecule has 2 rings (SSSR count). The Morgan fingerprint density at radius 1 is 1.45 bits per heavy atom. The Balaban J connectivity index is 2.53. The average molecular weight is 316 g/mol. The van der Waals surface area contributed by atoms with Crippen LogP contribution in [0.25, 0.3) is 0 Å². The molecule has 0 saturated carbocycles. The highest BCUT2D eigenvalue weighted by Crippen LogP contribution is 2.28. The molecule has 0 aliphatic carbocycles. The molecule has 6 nitrogen and oxygen atoms in total. The SMILES string of the molecule is CCN(c1cccc(O)c1)S(=O)(=O)c1ncn(C)c1Cl. The van der Waals surface area contributed by atoms with Crippen molar-refractivity contribution in [2.75, 3.05) is 10.8 Å². The highest BCUT2D eigenvalue weighted by molar-refractivity contribution is 7.92. The topological polar surface area (TPSA) is 75.4 Å². The molecule has 1 N–H and O–H groups in total. The Bertz CT molecular complexity index is 727. The Hall–Kier alpha value is -1.73. The fraction of sp³-hybridized carbons (Fsp3) is 0.250. The van der Waals surface area contributed by atoms with E-state index >= 15 is 0 Å². The number of halogens is 1. The number of phenols is 1. The number of hydrogen-bond acceptors (Lipinski definition) is 4. The van der Waals surface area contributed by atoms with Crippen molar-refractivity contribution in [3.05, 3.63) is 35.7 Å². The van der Waals surface area contributed by atoms with Crippen molar-refractivity contribution in [1.82, 2.24) is 9.55 Å². The van der Waals surface area contributed by atoms with Crippen LogP contribution in [0.15, 0.2) is 35.6 Å². The van der Waals surface area contributed by atoms with E-state index in [-0.39, 0.29) is 22.5 Å². The maximum atomic E-state index is 12.6. The minimum absolute atomic E-state index is 0.0109. The van der Waals surface area contributed by atoms with E-state index in [9.17, 15) is 13.5 Å². The van der Waals surface area contributed by atoms with E-state index in [1.165, 1.54) is 23.0 Å². The first-order chi connectivity index (χ1) is 9.37. The molecule has 20 heavy (non-hydrogen) atoms. The Kier molecular flexibility index (Phi) is 3.92. The van der Waals surface area contributed by atoms with Crippen LogP contribution in [0.2, 0.25) is 5.15 Å². The van der Waals surface area contributed by atoms with Crippen LogP contribution in [0.5, 0.6) is 5.75 Å². The van der Waals surface area contributed by atoms with Gasteiger partial charge in [-0.1, -0.05) is 17.7 Å². The lowest BCUT2D eigenvalue weighted by molar-refractivity contribution is 0.475. The summed E-state index contributed by atoms with van der Waals surface area (Å²) in [5, 5.41) is 9.33. The van der Waals surface area contributed by atoms with Crippen molar-refractivity contribution in [2.24, 2.45) is 7.05 Å². The molecule has 0 saturated heterocycles. The van der Waals surface area contributed by atoms with Gasteiger partial charge in [-0.15, -0.1) is 0 Å². The number of aromatic nitrogens is 2. The van der Waals surface area contributed by atoms with Gasteiger partial charge in [0.05, 0.1) is 12.0 Å². The van der Waals surface area contributed by atoms with Crippen LogP contribution in [-0.4, -0.2) is 29.6 Å². The van der Waals surface area contributed by atoms with Gasteiger partial charge < -0.3 is 9.67 Å². The molecule has 0 atom stereocenters. The molecule has 1 aromatic carbocycles. The number of sulfonamides is 1. The summed E-state index contributed by atoms with van der Waals surface area (Å²) in [7, 11) is -2.26. The summed E-state index contributed by atoms with van der Waals surface area (Å²) in [6.07, 6.45) is 1.34. The third-order valence-electron chi connectivity index (χ3n) is 2.77. The third kappa shape index (κ3) is 2.46. The summed E-state index contributed by atoms with van der Waals surface area (Å²) in [5.74, 6) is -0.0109. The lowest BCUT2D eigenvalue weighted by Gasteiger charge is -2.22. The number of benzene rings is 1. The first kappa shape index (κ1) is 14.7. The maximum Gasteiger partial charge on any atom is 0.284 e. The number of nitrogens with zero attached hydrogens (tertiary/aromatic N) is 3. The number of phenolic OH excluding ortho intramolecular Hbond substituents is 1. The first-order valence-corrected chi connectivity index (χ1v) is 7.68. The van der Waals surface area contributed by atoms with Gasteiger partial charge in [0.1, 0.15) is 10.9 Å². The second-order valence-electron chi connectivity index (χ2n) is 4.14. The minimum atomic E-state index is -3.87. The molecule has 0 bridgehead atoms. The van der Waals surface area contributed by atoms with Gasteiger partial charge in [-0.05, 0) is 19.1 Å². The van der Waals surface area contributed by atoms with Gasteiger partial charge in [0, 0.05) is 19.7 Å². The van der Waals surface area contributed by atoms with Crippen LogP contribution in [-0.2, 0) is 17.1 Å². The quantitative estimate of drug-likeness (QED) is 0.936. The van der Waals surface area contributed by atoms with Gasteiger partial charge in [0.15, 0.2) is 0 Å². The highest BCUT2D eigenvalue weighted by atomic mass is 35.5. The second kappa shape index (κ2) is 5.34. The molecule has 8 heteroatoms. The van der Waals surface area contributed by atoms with E-state index in [1.54, 1.807) is 26.1 Å². The molecule has 1 heterocycles. The molecule has 0 aliphatic rings. The fourth-order valence-corrected chi connectivity index (χ4v) is 3.67. The van der Waals surface area contributed by atoms with Gasteiger partial charge in [-0.25, -0.2) is 4.98 Å². The first-order valence-electron chi connectivity index (χ1n) is 5.86. The standard InChI is InChI=1S/C12H14ClN3O3S/c1-3-16(9-5-4-6-10(17)7-9)20(18,19)12-11(13)15(2)8-14-12/h4-8,17H,3H2,1-2H3. The summed E-state index contributed by atoms with van der Waals surface area (Å²) in [4.78, 5) is 3.84. The summed E-state index contributed by atoms with van der Waals surface area (Å²) < 4.78 is 27.7. The van der Waals surface area contributed by atoms with Gasteiger partial charge in [0.2, 0.25) is 5.03 Å². The zero-order valence-electron chi connectivity index (χ0n) is 11.0. The smallest absolute Gasteiger partial charge is 0.284 e. The van der Waals surface area contributed by atoms with Crippen molar-refractivity contribution in [3.63, 3.8) is 0 Å². The van der Waals surface area contributed by atoms with Crippen LogP contribution in [0.4, 0.5) is 5.69 Å². The summed E-state index contributed by atoms with van der Waals surface area (Å²) in [6.45, 7) is 1.89. The van der Waals surface area contributed by atoms with E-state index in [0.29, 0.717) is 5.69 Å². The van der Waals surface area contributed by atoms with Gasteiger partial charge in [-0.3, -0.25) is 4.31 Å². The van der Waals surface area contributed by atoms with E-state index in [2.05, 4.69) is 4.98 Å². The zero-order valence-corrected chi connectivity index (χ0v) is 12.6. The molecule has 0 fully saturated rings. The fourth-order valence-electron chi connectivity index (χ4n) is 1.81. The molecule has 0 amide bonds. The van der Waals surface area contributed by atoms with E-state index in [4.69, 9.17) is 11.6 Å². The van der Waals surface area contributed by atoms with Crippen LogP contribution in [0, 0.1) is 0 Å². The summed E-state index contributed by atoms with van der Waals surface area (Å²) in [6, 6.07) is 6.01.